The molecule has 0 N–H and O–H groups in total. The fraction of sp³-hybridized carbons (Fsp3) is 0.500. The molecule has 160 valence electrons. The van der Waals surface area contributed by atoms with E-state index in [1.54, 1.807) is 0 Å². The summed E-state index contributed by atoms with van der Waals surface area (Å²) in [6.07, 6.45) is 2.18. The Hall–Kier alpha value is -1.96. The monoisotopic (exact) mass is 447 g/mol. The highest BCUT2D eigenvalue weighted by atomic mass is 35.5. The molecule has 8 heteroatoms. The number of carbonyl (C=O) groups is 1. The molecule has 3 aliphatic heterocycles. The minimum absolute atomic E-state index is 0.0778. The molecule has 0 spiro atoms. The molecule has 0 saturated carbocycles. The van der Waals surface area contributed by atoms with Gasteiger partial charge in [0.2, 0.25) is 0 Å². The maximum Gasteiger partial charge on any atom is 0.267 e. The van der Waals surface area contributed by atoms with Gasteiger partial charge in [-0.3, -0.25) is 9.69 Å². The highest BCUT2D eigenvalue weighted by molar-refractivity contribution is 7.12. The van der Waals surface area contributed by atoms with E-state index < -0.39 is 0 Å². The average molecular weight is 448 g/mol. The predicted octanol–water partition coefficient (Wildman–Crippen LogP) is 3.60. The minimum atomic E-state index is 0.0778. The van der Waals surface area contributed by atoms with Crippen LogP contribution in [0.15, 0.2) is 29.6 Å². The number of thiophene rings is 1. The molecule has 5 rings (SSSR count). The van der Waals surface area contributed by atoms with Crippen molar-refractivity contribution in [2.24, 2.45) is 0 Å². The Balaban J connectivity index is 1.21. The Labute approximate surface area is 185 Å². The van der Waals surface area contributed by atoms with Crippen LogP contribution in [0.3, 0.4) is 0 Å². The molecular weight excluding hydrogens is 422 g/mol. The van der Waals surface area contributed by atoms with Crippen LogP contribution in [0.2, 0.25) is 5.02 Å². The summed E-state index contributed by atoms with van der Waals surface area (Å²) in [4.78, 5) is 20.8. The van der Waals surface area contributed by atoms with E-state index in [-0.39, 0.29) is 5.91 Å². The number of halogens is 1. The Morgan fingerprint density at radius 2 is 1.93 bits per heavy atom. The molecule has 4 heterocycles. The van der Waals surface area contributed by atoms with Crippen LogP contribution in [0.25, 0.3) is 0 Å². The minimum Gasteiger partial charge on any atom is -0.485 e. The summed E-state index contributed by atoms with van der Waals surface area (Å²) in [7, 11) is 0. The van der Waals surface area contributed by atoms with Gasteiger partial charge in [-0.2, -0.15) is 0 Å². The average Bonchev–Trinajstić information content (AvgIpc) is 3.23. The van der Waals surface area contributed by atoms with Crippen molar-refractivity contribution >= 4 is 34.5 Å². The van der Waals surface area contributed by atoms with Crippen molar-refractivity contribution in [1.29, 1.82) is 0 Å². The van der Waals surface area contributed by atoms with Crippen LogP contribution in [0.1, 0.15) is 22.5 Å². The number of benzene rings is 1. The highest BCUT2D eigenvalue weighted by Gasteiger charge is 2.33. The second-order valence-corrected chi connectivity index (χ2v) is 9.32. The van der Waals surface area contributed by atoms with Gasteiger partial charge in [0.25, 0.3) is 5.91 Å². The van der Waals surface area contributed by atoms with Gasteiger partial charge in [-0.25, -0.2) is 0 Å². The quantitative estimate of drug-likeness (QED) is 0.719. The summed E-state index contributed by atoms with van der Waals surface area (Å²) in [5.41, 5.74) is 1.19. The molecule has 1 unspecified atom stereocenters. The van der Waals surface area contributed by atoms with Crippen molar-refractivity contribution in [1.82, 2.24) is 9.80 Å². The van der Waals surface area contributed by atoms with Gasteiger partial charge in [-0.15, -0.1) is 11.3 Å². The number of hydrogen-bond donors (Lipinski definition) is 0. The number of ether oxygens (including phenoxy) is 2. The van der Waals surface area contributed by atoms with Gasteiger partial charge >= 0.3 is 0 Å². The number of piperidine rings is 1. The summed E-state index contributed by atoms with van der Waals surface area (Å²) in [5, 5.41) is 2.67. The first-order chi connectivity index (χ1) is 14.7. The van der Waals surface area contributed by atoms with Crippen molar-refractivity contribution in [3.05, 3.63) is 39.5 Å². The lowest BCUT2D eigenvalue weighted by molar-refractivity contribution is 0.0561. The zero-order chi connectivity index (χ0) is 20.5. The number of fused-ring (bicyclic) bond motifs is 1. The van der Waals surface area contributed by atoms with E-state index in [2.05, 4.69) is 15.9 Å². The molecule has 2 saturated heterocycles. The van der Waals surface area contributed by atoms with Gasteiger partial charge in [0.05, 0.1) is 0 Å². The van der Waals surface area contributed by atoms with E-state index >= 15 is 0 Å². The van der Waals surface area contributed by atoms with E-state index in [1.807, 2.05) is 28.5 Å². The fourth-order valence-corrected chi connectivity index (χ4v) is 5.69. The molecular formula is C22H26ClN3O3S. The summed E-state index contributed by atoms with van der Waals surface area (Å²) in [6, 6.07) is 8.49. The summed E-state index contributed by atoms with van der Waals surface area (Å²) >= 11 is 7.59. The molecule has 0 radical (unpaired) electrons. The summed E-state index contributed by atoms with van der Waals surface area (Å²) in [5.74, 6) is 1.42. The third-order valence-corrected chi connectivity index (χ3v) is 7.35. The standard InChI is InChI=1S/C22H26ClN3O3S/c23-16-3-1-4-17(13-16)24-7-9-25(10-8-24)18-5-2-6-26(14-18)22(27)21-20-19(15-30-21)28-11-12-29-20/h1,3-4,13,15,18H,2,5-12,14H2. The fourth-order valence-electron chi connectivity index (χ4n) is 4.61. The van der Waals surface area contributed by atoms with E-state index in [1.165, 1.54) is 17.0 Å². The van der Waals surface area contributed by atoms with Crippen LogP contribution in [0, 0.1) is 0 Å². The normalized spacial score (nSPS) is 22.2. The van der Waals surface area contributed by atoms with Crippen molar-refractivity contribution in [2.45, 2.75) is 18.9 Å². The smallest absolute Gasteiger partial charge is 0.267 e. The summed E-state index contributed by atoms with van der Waals surface area (Å²) in [6.45, 7) is 6.61. The third kappa shape index (κ3) is 3.98. The third-order valence-electron chi connectivity index (χ3n) is 6.18. The number of carbonyl (C=O) groups excluding carboxylic acids is 1. The second-order valence-electron chi connectivity index (χ2n) is 8.01. The first kappa shape index (κ1) is 20.0. The lowest BCUT2D eigenvalue weighted by Crippen LogP contribution is -2.55. The molecule has 1 atom stereocenters. The predicted molar refractivity (Wildman–Crippen MR) is 119 cm³/mol. The molecule has 2 aromatic rings. The Morgan fingerprint density at radius 1 is 1.10 bits per heavy atom. The molecule has 1 aromatic heterocycles. The first-order valence-electron chi connectivity index (χ1n) is 10.6. The van der Waals surface area contributed by atoms with Crippen molar-refractivity contribution in [3.8, 4) is 11.5 Å². The Morgan fingerprint density at radius 3 is 2.77 bits per heavy atom. The van der Waals surface area contributed by atoms with Crippen molar-refractivity contribution in [2.75, 3.05) is 57.4 Å². The molecule has 1 aromatic carbocycles. The molecule has 0 bridgehead atoms. The number of anilines is 1. The van der Waals surface area contributed by atoms with Crippen molar-refractivity contribution < 1.29 is 14.3 Å². The molecule has 6 nitrogen and oxygen atoms in total. The number of likely N-dealkylation sites (tertiary alicyclic amines) is 1. The number of nitrogens with zero attached hydrogens (tertiary/aromatic N) is 3. The number of hydrogen-bond acceptors (Lipinski definition) is 6. The van der Waals surface area contributed by atoms with Crippen LogP contribution >= 0.6 is 22.9 Å². The Bertz CT molecular complexity index is 913. The largest absolute Gasteiger partial charge is 0.485 e. The Kier molecular flexibility index (Phi) is 5.76. The lowest BCUT2D eigenvalue weighted by atomic mass is 10.0. The number of rotatable bonds is 3. The highest BCUT2D eigenvalue weighted by Crippen LogP contribution is 2.40. The van der Waals surface area contributed by atoms with E-state index in [9.17, 15) is 4.79 Å². The molecule has 3 aliphatic rings. The molecule has 0 aliphatic carbocycles. The van der Waals surface area contributed by atoms with E-state index in [0.29, 0.717) is 35.6 Å². The van der Waals surface area contributed by atoms with Gasteiger partial charge in [0.15, 0.2) is 11.5 Å². The lowest BCUT2D eigenvalue weighted by Gasteiger charge is -2.44. The van der Waals surface area contributed by atoms with Crippen LogP contribution in [0.4, 0.5) is 5.69 Å². The van der Waals surface area contributed by atoms with Gasteiger partial charge in [0, 0.05) is 61.4 Å². The van der Waals surface area contributed by atoms with E-state index in [0.717, 1.165) is 57.1 Å². The van der Waals surface area contributed by atoms with Crippen LogP contribution < -0.4 is 14.4 Å². The van der Waals surface area contributed by atoms with Gasteiger partial charge < -0.3 is 19.3 Å². The maximum atomic E-state index is 13.2. The van der Waals surface area contributed by atoms with Crippen LogP contribution in [-0.4, -0.2) is 74.2 Å². The molecule has 1 amide bonds. The second kappa shape index (κ2) is 8.65. The van der Waals surface area contributed by atoms with Gasteiger partial charge in [-0.1, -0.05) is 17.7 Å². The maximum absolute atomic E-state index is 13.2. The van der Waals surface area contributed by atoms with Gasteiger partial charge in [0.1, 0.15) is 18.1 Å². The first-order valence-corrected chi connectivity index (χ1v) is 11.9. The van der Waals surface area contributed by atoms with E-state index in [4.69, 9.17) is 21.1 Å². The molecule has 2 fully saturated rings. The molecule has 30 heavy (non-hydrogen) atoms. The van der Waals surface area contributed by atoms with Crippen LogP contribution in [0.5, 0.6) is 11.5 Å². The van der Waals surface area contributed by atoms with Crippen molar-refractivity contribution in [3.63, 3.8) is 0 Å². The zero-order valence-electron chi connectivity index (χ0n) is 16.9. The zero-order valence-corrected chi connectivity index (χ0v) is 18.5. The summed E-state index contributed by atoms with van der Waals surface area (Å²) < 4.78 is 11.3. The number of piperazine rings is 1. The number of amides is 1. The van der Waals surface area contributed by atoms with Crippen LogP contribution in [-0.2, 0) is 0 Å². The SMILES string of the molecule is O=C(c1scc2c1OCCO2)N1CCCC(N2CCN(c3cccc(Cl)c3)CC2)C1. The topological polar surface area (TPSA) is 45.3 Å². The van der Waals surface area contributed by atoms with Gasteiger partial charge in [-0.05, 0) is 31.0 Å².